The number of para-hydroxylation sites is 1. The normalized spacial score (nSPS) is 17.5. The van der Waals surface area contributed by atoms with Gasteiger partial charge in [0.05, 0.1) is 11.6 Å². The first-order valence-corrected chi connectivity index (χ1v) is 8.35. The van der Waals surface area contributed by atoms with Crippen molar-refractivity contribution in [3.8, 4) is 0 Å². The highest BCUT2D eigenvalue weighted by molar-refractivity contribution is 7.10. The largest absolute Gasteiger partial charge is 0.330 e. The zero-order valence-corrected chi connectivity index (χ0v) is 13.1. The van der Waals surface area contributed by atoms with Gasteiger partial charge in [-0.25, -0.2) is 4.98 Å². The molecule has 0 saturated heterocycles. The Bertz CT molecular complexity index is 855. The maximum Gasteiger partial charge on any atom is 0.272 e. The van der Waals surface area contributed by atoms with Crippen LogP contribution in [-0.2, 0) is 6.42 Å². The minimum atomic E-state index is 0.0232. The number of hydrogen-bond donors (Lipinski definition) is 0. The molecule has 2 aromatic heterocycles. The number of pyridine rings is 1. The molecule has 0 radical (unpaired) electrons. The first-order chi connectivity index (χ1) is 10.7. The average molecular weight is 308 g/mol. The molecule has 0 unspecified atom stereocenters. The highest BCUT2D eigenvalue weighted by Gasteiger charge is 2.29. The molecule has 22 heavy (non-hydrogen) atoms. The monoisotopic (exact) mass is 308 g/mol. The molecule has 1 aromatic carbocycles. The van der Waals surface area contributed by atoms with E-state index in [1.807, 2.05) is 41.3 Å². The zero-order valence-electron chi connectivity index (χ0n) is 12.3. The predicted molar refractivity (Wildman–Crippen MR) is 89.2 cm³/mol. The van der Waals surface area contributed by atoms with E-state index in [-0.39, 0.29) is 11.9 Å². The summed E-state index contributed by atoms with van der Waals surface area (Å²) in [6.45, 7) is 2.87. The molecule has 0 N–H and O–H groups in total. The Labute approximate surface area is 133 Å². The van der Waals surface area contributed by atoms with E-state index in [0.717, 1.165) is 23.9 Å². The quantitative estimate of drug-likeness (QED) is 0.679. The third kappa shape index (κ3) is 2.11. The second-order valence-corrected chi connectivity index (χ2v) is 6.61. The summed E-state index contributed by atoms with van der Waals surface area (Å²) in [6, 6.07) is 14.0. The summed E-state index contributed by atoms with van der Waals surface area (Å²) in [7, 11) is 0. The van der Waals surface area contributed by atoms with E-state index in [0.29, 0.717) is 5.69 Å². The van der Waals surface area contributed by atoms with Gasteiger partial charge in [0.2, 0.25) is 0 Å². The molecule has 0 bridgehead atoms. The molecule has 4 rings (SSSR count). The van der Waals surface area contributed by atoms with Crippen molar-refractivity contribution in [3.05, 3.63) is 64.0 Å². The van der Waals surface area contributed by atoms with Crippen LogP contribution in [0.5, 0.6) is 0 Å². The van der Waals surface area contributed by atoms with E-state index in [9.17, 15) is 4.79 Å². The smallest absolute Gasteiger partial charge is 0.272 e. The molecule has 110 valence electrons. The van der Waals surface area contributed by atoms with E-state index >= 15 is 0 Å². The van der Waals surface area contributed by atoms with Crippen molar-refractivity contribution in [2.24, 2.45) is 0 Å². The van der Waals surface area contributed by atoms with Crippen molar-refractivity contribution in [1.82, 2.24) is 9.88 Å². The van der Waals surface area contributed by atoms with Gasteiger partial charge >= 0.3 is 0 Å². The SMILES string of the molecule is C[C@@H]1c2ccsc2CCN1C(=O)c1ccc2ccccc2n1. The fourth-order valence-electron chi connectivity index (χ4n) is 3.12. The van der Waals surface area contributed by atoms with Crippen LogP contribution in [0.25, 0.3) is 10.9 Å². The molecule has 0 spiro atoms. The summed E-state index contributed by atoms with van der Waals surface area (Å²) < 4.78 is 0. The molecule has 0 aliphatic carbocycles. The summed E-state index contributed by atoms with van der Waals surface area (Å²) in [5.41, 5.74) is 2.68. The Morgan fingerprint density at radius 3 is 3.00 bits per heavy atom. The van der Waals surface area contributed by atoms with Crippen LogP contribution < -0.4 is 0 Å². The van der Waals surface area contributed by atoms with E-state index in [2.05, 4.69) is 23.4 Å². The standard InChI is InChI=1S/C18H16N2OS/c1-12-14-9-11-22-17(14)8-10-20(12)18(21)16-7-6-13-4-2-3-5-15(13)19-16/h2-7,9,11-12H,8,10H2,1H3/t12-/m1/s1. The van der Waals surface area contributed by atoms with Crippen LogP contribution in [0.15, 0.2) is 47.8 Å². The lowest BCUT2D eigenvalue weighted by atomic mass is 10.0. The summed E-state index contributed by atoms with van der Waals surface area (Å²) in [4.78, 5) is 20.7. The van der Waals surface area contributed by atoms with Crippen LogP contribution in [0.2, 0.25) is 0 Å². The van der Waals surface area contributed by atoms with E-state index < -0.39 is 0 Å². The molecule has 3 nitrogen and oxygen atoms in total. The third-order valence-electron chi connectivity index (χ3n) is 4.36. The van der Waals surface area contributed by atoms with E-state index in [1.54, 1.807) is 11.3 Å². The van der Waals surface area contributed by atoms with Crippen molar-refractivity contribution in [2.45, 2.75) is 19.4 Å². The van der Waals surface area contributed by atoms with Gasteiger partial charge in [0, 0.05) is 16.8 Å². The van der Waals surface area contributed by atoms with Crippen LogP contribution >= 0.6 is 11.3 Å². The molecule has 3 aromatic rings. The van der Waals surface area contributed by atoms with Gasteiger partial charge in [0.15, 0.2) is 0 Å². The summed E-state index contributed by atoms with van der Waals surface area (Å²) in [6.07, 6.45) is 0.941. The number of rotatable bonds is 1. The van der Waals surface area contributed by atoms with Gasteiger partial charge < -0.3 is 4.90 Å². The van der Waals surface area contributed by atoms with Gasteiger partial charge in [0.1, 0.15) is 5.69 Å². The van der Waals surface area contributed by atoms with Gasteiger partial charge in [-0.2, -0.15) is 0 Å². The minimum Gasteiger partial charge on any atom is -0.330 e. The Kier molecular flexibility index (Phi) is 3.19. The highest BCUT2D eigenvalue weighted by atomic mass is 32.1. The van der Waals surface area contributed by atoms with Crippen LogP contribution in [-0.4, -0.2) is 22.3 Å². The van der Waals surface area contributed by atoms with Crippen molar-refractivity contribution >= 4 is 28.1 Å². The number of fused-ring (bicyclic) bond motifs is 2. The average Bonchev–Trinajstić information content (AvgIpc) is 3.04. The van der Waals surface area contributed by atoms with Gasteiger partial charge in [-0.1, -0.05) is 24.3 Å². The molecule has 3 heterocycles. The Balaban J connectivity index is 1.68. The lowest BCUT2D eigenvalue weighted by Crippen LogP contribution is -2.38. The third-order valence-corrected chi connectivity index (χ3v) is 5.35. The number of thiophene rings is 1. The molecule has 4 heteroatoms. The molecule has 0 saturated carbocycles. The van der Waals surface area contributed by atoms with Crippen molar-refractivity contribution in [3.63, 3.8) is 0 Å². The molecule has 1 amide bonds. The van der Waals surface area contributed by atoms with Crippen LogP contribution in [0, 0.1) is 0 Å². The highest BCUT2D eigenvalue weighted by Crippen LogP contribution is 2.33. The topological polar surface area (TPSA) is 33.2 Å². The second kappa shape index (κ2) is 5.21. The molecular weight excluding hydrogens is 292 g/mol. The Morgan fingerprint density at radius 1 is 1.23 bits per heavy atom. The first kappa shape index (κ1) is 13.5. The number of carbonyl (C=O) groups is 1. The fraction of sp³-hybridized carbons (Fsp3) is 0.222. The van der Waals surface area contributed by atoms with Crippen LogP contribution in [0.1, 0.15) is 33.9 Å². The zero-order chi connectivity index (χ0) is 15.1. The maximum absolute atomic E-state index is 12.9. The van der Waals surface area contributed by atoms with Crippen molar-refractivity contribution in [2.75, 3.05) is 6.54 Å². The van der Waals surface area contributed by atoms with Crippen LogP contribution in [0.3, 0.4) is 0 Å². The predicted octanol–water partition coefficient (Wildman–Crippen LogP) is 4.06. The molecule has 1 atom stereocenters. The number of carbonyl (C=O) groups excluding carboxylic acids is 1. The van der Waals surface area contributed by atoms with Crippen LogP contribution in [0.4, 0.5) is 0 Å². The number of aromatic nitrogens is 1. The molecule has 0 fully saturated rings. The number of benzene rings is 1. The van der Waals surface area contributed by atoms with Gasteiger partial charge in [-0.3, -0.25) is 4.79 Å². The summed E-state index contributed by atoms with van der Waals surface area (Å²) >= 11 is 1.79. The van der Waals surface area contributed by atoms with Gasteiger partial charge in [-0.15, -0.1) is 11.3 Å². The van der Waals surface area contributed by atoms with Gasteiger partial charge in [-0.05, 0) is 42.5 Å². The Morgan fingerprint density at radius 2 is 2.09 bits per heavy atom. The summed E-state index contributed by atoms with van der Waals surface area (Å²) in [5.74, 6) is 0.0232. The van der Waals surface area contributed by atoms with Crippen molar-refractivity contribution < 1.29 is 4.79 Å². The number of nitrogens with zero attached hydrogens (tertiary/aromatic N) is 2. The number of hydrogen-bond acceptors (Lipinski definition) is 3. The molecule has 1 aliphatic heterocycles. The number of amides is 1. The second-order valence-electron chi connectivity index (χ2n) is 5.61. The van der Waals surface area contributed by atoms with Gasteiger partial charge in [0.25, 0.3) is 5.91 Å². The lowest BCUT2D eigenvalue weighted by molar-refractivity contribution is 0.0674. The summed E-state index contributed by atoms with van der Waals surface area (Å²) in [5, 5.41) is 3.18. The fourth-order valence-corrected chi connectivity index (χ4v) is 4.08. The van der Waals surface area contributed by atoms with Crippen molar-refractivity contribution in [1.29, 1.82) is 0 Å². The lowest BCUT2D eigenvalue weighted by Gasteiger charge is -2.33. The molecule has 1 aliphatic rings. The van der Waals surface area contributed by atoms with E-state index in [4.69, 9.17) is 0 Å². The molecular formula is C18H16N2OS. The maximum atomic E-state index is 12.9. The van der Waals surface area contributed by atoms with E-state index in [1.165, 1.54) is 10.4 Å². The minimum absolute atomic E-state index is 0.0232. The Hall–Kier alpha value is -2.20. The first-order valence-electron chi connectivity index (χ1n) is 7.47.